The molecule has 1 saturated heterocycles. The SMILES string of the molecule is C=CC(=O)OC1(OCO)CCC2CC1OC2=O. The molecule has 1 saturated carbocycles. The molecule has 1 aliphatic carbocycles. The number of fused-ring (bicyclic) bond motifs is 2. The summed E-state index contributed by atoms with van der Waals surface area (Å²) in [5.41, 5.74) is 0. The van der Waals surface area contributed by atoms with E-state index in [-0.39, 0.29) is 11.9 Å². The highest BCUT2D eigenvalue weighted by atomic mass is 16.8. The number of hydrogen-bond acceptors (Lipinski definition) is 6. The highest BCUT2D eigenvalue weighted by Gasteiger charge is 2.56. The third-order valence-corrected chi connectivity index (χ3v) is 3.17. The van der Waals surface area contributed by atoms with Gasteiger partial charge in [0.1, 0.15) is 6.79 Å². The molecule has 2 aliphatic rings. The Hall–Kier alpha value is -1.40. The molecular weight excluding hydrogens is 228 g/mol. The Labute approximate surface area is 98.1 Å². The molecule has 0 aromatic carbocycles. The van der Waals surface area contributed by atoms with Crippen LogP contribution in [0.1, 0.15) is 19.3 Å². The topological polar surface area (TPSA) is 82.1 Å². The van der Waals surface area contributed by atoms with Crippen LogP contribution in [0.4, 0.5) is 0 Å². The van der Waals surface area contributed by atoms with Crippen molar-refractivity contribution in [2.45, 2.75) is 31.2 Å². The van der Waals surface area contributed by atoms with Gasteiger partial charge >= 0.3 is 11.9 Å². The minimum atomic E-state index is -1.37. The summed E-state index contributed by atoms with van der Waals surface area (Å²) in [6, 6.07) is 0. The van der Waals surface area contributed by atoms with Crippen LogP contribution in [0, 0.1) is 5.92 Å². The van der Waals surface area contributed by atoms with Gasteiger partial charge in [-0.2, -0.15) is 0 Å². The van der Waals surface area contributed by atoms with Crippen molar-refractivity contribution in [3.63, 3.8) is 0 Å². The van der Waals surface area contributed by atoms with Gasteiger partial charge in [0.15, 0.2) is 6.10 Å². The van der Waals surface area contributed by atoms with E-state index in [1.807, 2.05) is 0 Å². The van der Waals surface area contributed by atoms with Crippen LogP contribution in [0.15, 0.2) is 12.7 Å². The molecule has 0 radical (unpaired) electrons. The van der Waals surface area contributed by atoms with Gasteiger partial charge in [0, 0.05) is 18.9 Å². The van der Waals surface area contributed by atoms with Gasteiger partial charge in [-0.05, 0) is 6.42 Å². The summed E-state index contributed by atoms with van der Waals surface area (Å²) < 4.78 is 15.4. The number of esters is 2. The molecule has 17 heavy (non-hydrogen) atoms. The Morgan fingerprint density at radius 2 is 2.47 bits per heavy atom. The Morgan fingerprint density at radius 3 is 3.12 bits per heavy atom. The fourth-order valence-corrected chi connectivity index (χ4v) is 2.31. The molecule has 2 rings (SSSR count). The number of hydrogen-bond donors (Lipinski definition) is 1. The van der Waals surface area contributed by atoms with Crippen LogP contribution in [0.2, 0.25) is 0 Å². The van der Waals surface area contributed by atoms with E-state index >= 15 is 0 Å². The van der Waals surface area contributed by atoms with Gasteiger partial charge in [0.2, 0.25) is 0 Å². The number of aliphatic hydroxyl groups excluding tert-OH is 1. The molecule has 94 valence electrons. The third kappa shape index (κ3) is 2.05. The number of ether oxygens (including phenoxy) is 3. The lowest BCUT2D eigenvalue weighted by Crippen LogP contribution is -2.50. The fourth-order valence-electron chi connectivity index (χ4n) is 2.31. The van der Waals surface area contributed by atoms with Gasteiger partial charge in [0.25, 0.3) is 5.79 Å². The van der Waals surface area contributed by atoms with Crippen LogP contribution in [0.25, 0.3) is 0 Å². The van der Waals surface area contributed by atoms with Crippen molar-refractivity contribution in [3.8, 4) is 0 Å². The van der Waals surface area contributed by atoms with Gasteiger partial charge in [-0.1, -0.05) is 6.58 Å². The second kappa shape index (κ2) is 4.46. The standard InChI is InChI=1S/C11H14O6/c1-2-9(13)17-11(15-6-12)4-3-7-5-8(11)16-10(7)14/h2,7-8,12H,1,3-6H2. The average Bonchev–Trinajstić information content (AvgIpc) is 2.63. The Bertz CT molecular complexity index is 352. The predicted octanol–water partition coefficient (Wildman–Crippen LogP) is 0.104. The van der Waals surface area contributed by atoms with Crippen molar-refractivity contribution in [1.82, 2.24) is 0 Å². The summed E-state index contributed by atoms with van der Waals surface area (Å²) in [5.74, 6) is -2.49. The summed E-state index contributed by atoms with van der Waals surface area (Å²) in [5, 5.41) is 8.88. The van der Waals surface area contributed by atoms with Gasteiger partial charge in [-0.25, -0.2) is 4.79 Å². The molecule has 1 heterocycles. The first-order valence-electron chi connectivity index (χ1n) is 5.42. The largest absolute Gasteiger partial charge is 0.455 e. The normalized spacial score (nSPS) is 35.2. The smallest absolute Gasteiger partial charge is 0.332 e. The van der Waals surface area contributed by atoms with Crippen molar-refractivity contribution in [2.75, 3.05) is 6.79 Å². The molecule has 3 unspecified atom stereocenters. The van der Waals surface area contributed by atoms with E-state index in [1.165, 1.54) is 0 Å². The molecule has 3 atom stereocenters. The first kappa shape index (κ1) is 12.1. The molecule has 6 nitrogen and oxygen atoms in total. The van der Waals surface area contributed by atoms with Crippen molar-refractivity contribution in [3.05, 3.63) is 12.7 Å². The Kier molecular flexibility index (Phi) is 3.17. The van der Waals surface area contributed by atoms with E-state index < -0.39 is 24.7 Å². The van der Waals surface area contributed by atoms with Crippen molar-refractivity contribution >= 4 is 11.9 Å². The predicted molar refractivity (Wildman–Crippen MR) is 54.4 cm³/mol. The molecule has 1 aliphatic heterocycles. The van der Waals surface area contributed by atoms with Crippen LogP contribution < -0.4 is 0 Å². The average molecular weight is 242 g/mol. The maximum Gasteiger partial charge on any atom is 0.332 e. The van der Waals surface area contributed by atoms with Crippen LogP contribution >= 0.6 is 0 Å². The van der Waals surface area contributed by atoms with Crippen LogP contribution in [0.3, 0.4) is 0 Å². The fraction of sp³-hybridized carbons (Fsp3) is 0.636. The molecular formula is C11H14O6. The monoisotopic (exact) mass is 242 g/mol. The van der Waals surface area contributed by atoms with E-state index in [0.717, 1.165) is 6.08 Å². The summed E-state index contributed by atoms with van der Waals surface area (Å²) >= 11 is 0. The highest BCUT2D eigenvalue weighted by molar-refractivity contribution is 5.82. The van der Waals surface area contributed by atoms with Gasteiger partial charge in [-0.3, -0.25) is 4.79 Å². The van der Waals surface area contributed by atoms with E-state index in [0.29, 0.717) is 19.3 Å². The van der Waals surface area contributed by atoms with Gasteiger partial charge in [-0.15, -0.1) is 0 Å². The summed E-state index contributed by atoms with van der Waals surface area (Å²) in [6.45, 7) is 2.69. The molecule has 1 N–H and O–H groups in total. The molecule has 0 aromatic rings. The van der Waals surface area contributed by atoms with E-state index in [1.54, 1.807) is 0 Å². The highest BCUT2D eigenvalue weighted by Crippen LogP contribution is 2.43. The zero-order valence-corrected chi connectivity index (χ0v) is 9.26. The lowest BCUT2D eigenvalue weighted by Gasteiger charge is -2.37. The van der Waals surface area contributed by atoms with Crippen molar-refractivity contribution in [2.24, 2.45) is 5.92 Å². The third-order valence-electron chi connectivity index (χ3n) is 3.17. The minimum Gasteiger partial charge on any atom is -0.455 e. The number of rotatable bonds is 4. The molecule has 0 aromatic heterocycles. The van der Waals surface area contributed by atoms with Crippen molar-refractivity contribution < 1.29 is 28.9 Å². The second-order valence-electron chi connectivity index (χ2n) is 4.11. The van der Waals surface area contributed by atoms with Gasteiger partial charge in [0.05, 0.1) is 5.92 Å². The van der Waals surface area contributed by atoms with Crippen molar-refractivity contribution in [1.29, 1.82) is 0 Å². The summed E-state index contributed by atoms with van der Waals surface area (Å²) in [6.07, 6.45) is 1.65. The lowest BCUT2D eigenvalue weighted by atomic mass is 9.85. The number of carbonyl (C=O) groups is 2. The van der Waals surface area contributed by atoms with E-state index in [2.05, 4.69) is 6.58 Å². The second-order valence-corrected chi connectivity index (χ2v) is 4.11. The number of carbonyl (C=O) groups excluding carboxylic acids is 2. The van der Waals surface area contributed by atoms with Gasteiger partial charge < -0.3 is 19.3 Å². The van der Waals surface area contributed by atoms with Crippen LogP contribution in [0.5, 0.6) is 0 Å². The van der Waals surface area contributed by atoms with E-state index in [4.69, 9.17) is 19.3 Å². The summed E-state index contributed by atoms with van der Waals surface area (Å²) in [4.78, 5) is 22.7. The Balaban J connectivity index is 2.19. The molecule has 0 spiro atoms. The first-order valence-corrected chi connectivity index (χ1v) is 5.42. The zero-order chi connectivity index (χ0) is 12.5. The molecule has 0 amide bonds. The molecule has 6 heteroatoms. The Morgan fingerprint density at radius 1 is 1.71 bits per heavy atom. The quantitative estimate of drug-likeness (QED) is 0.428. The van der Waals surface area contributed by atoms with Crippen LogP contribution in [-0.4, -0.2) is 35.7 Å². The minimum absolute atomic E-state index is 0.155. The zero-order valence-electron chi connectivity index (χ0n) is 9.26. The van der Waals surface area contributed by atoms with Crippen LogP contribution in [-0.2, 0) is 23.8 Å². The first-order chi connectivity index (χ1) is 8.11. The number of aliphatic hydroxyl groups is 1. The maximum absolute atomic E-state index is 11.4. The van der Waals surface area contributed by atoms with E-state index in [9.17, 15) is 9.59 Å². The maximum atomic E-state index is 11.4. The molecule has 2 fully saturated rings. The molecule has 2 bridgehead atoms. The lowest BCUT2D eigenvalue weighted by molar-refractivity contribution is -0.293. The summed E-state index contributed by atoms with van der Waals surface area (Å²) in [7, 11) is 0.